The van der Waals surface area contributed by atoms with E-state index in [4.69, 9.17) is 11.5 Å². The van der Waals surface area contributed by atoms with Crippen molar-refractivity contribution in [3.63, 3.8) is 0 Å². The van der Waals surface area contributed by atoms with Crippen molar-refractivity contribution >= 4 is 33.3 Å². The summed E-state index contributed by atoms with van der Waals surface area (Å²) in [6.45, 7) is 0. The predicted molar refractivity (Wildman–Crippen MR) is 63.8 cm³/mol. The number of H-pyrrole nitrogens is 1. The van der Waals surface area contributed by atoms with Gasteiger partial charge in [-0.2, -0.15) is 0 Å². The largest absolute Gasteiger partial charge is 0.390 e. The van der Waals surface area contributed by atoms with E-state index in [-0.39, 0.29) is 0 Å². The first kappa shape index (κ1) is 9.10. The van der Waals surface area contributed by atoms with Crippen LogP contribution in [0.3, 0.4) is 0 Å². The van der Waals surface area contributed by atoms with Crippen molar-refractivity contribution in [1.82, 2.24) is 19.9 Å². The summed E-state index contributed by atoms with van der Waals surface area (Å²) in [4.78, 5) is 15.3. The van der Waals surface area contributed by atoms with Gasteiger partial charge in [0.05, 0.1) is 10.6 Å². The number of rotatable bonds is 1. The number of imidazole rings is 1. The van der Waals surface area contributed by atoms with Gasteiger partial charge >= 0.3 is 0 Å². The molecule has 0 aromatic carbocycles. The van der Waals surface area contributed by atoms with Crippen LogP contribution >= 0.6 is 11.3 Å². The van der Waals surface area contributed by atoms with E-state index in [2.05, 4.69) is 19.9 Å². The molecule has 7 heteroatoms. The van der Waals surface area contributed by atoms with E-state index in [1.807, 2.05) is 11.4 Å². The Morgan fingerprint density at radius 3 is 2.81 bits per heavy atom. The second-order valence-corrected chi connectivity index (χ2v) is 4.19. The van der Waals surface area contributed by atoms with Crippen LogP contribution in [0.1, 0.15) is 0 Å². The lowest BCUT2D eigenvalue weighted by Crippen LogP contribution is -1.91. The highest BCUT2D eigenvalue weighted by Crippen LogP contribution is 2.29. The normalized spacial score (nSPS) is 11.0. The van der Waals surface area contributed by atoms with E-state index >= 15 is 0 Å². The molecule has 5 N–H and O–H groups in total. The lowest BCUT2D eigenvalue weighted by molar-refractivity contribution is 1.21. The van der Waals surface area contributed by atoms with E-state index < -0.39 is 0 Å². The molecule has 0 bridgehead atoms. The zero-order chi connectivity index (χ0) is 11.1. The average Bonchev–Trinajstić information content (AvgIpc) is 2.84. The van der Waals surface area contributed by atoms with Gasteiger partial charge < -0.3 is 16.5 Å². The maximum atomic E-state index is 5.82. The predicted octanol–water partition coefficient (Wildman–Crippen LogP) is 1.25. The van der Waals surface area contributed by atoms with Gasteiger partial charge in [0.1, 0.15) is 17.7 Å². The molecule has 0 amide bonds. The smallest absolute Gasteiger partial charge is 0.183 e. The average molecular weight is 232 g/mol. The van der Waals surface area contributed by atoms with Gasteiger partial charge in [-0.15, -0.1) is 11.3 Å². The summed E-state index contributed by atoms with van der Waals surface area (Å²) in [6.07, 6.45) is 1.39. The number of thiophene rings is 1. The summed E-state index contributed by atoms with van der Waals surface area (Å²) in [7, 11) is 0. The number of nitrogens with two attached hydrogens (primary N) is 2. The summed E-state index contributed by atoms with van der Waals surface area (Å²) in [5, 5.41) is 2.62. The molecule has 3 aromatic heterocycles. The summed E-state index contributed by atoms with van der Waals surface area (Å²) >= 11 is 1.46. The van der Waals surface area contributed by atoms with Crippen LogP contribution in [0, 0.1) is 0 Å². The van der Waals surface area contributed by atoms with Gasteiger partial charge in [-0.1, -0.05) is 0 Å². The third-order valence-corrected chi connectivity index (χ3v) is 3.01. The Kier molecular flexibility index (Phi) is 1.80. The molecule has 0 aliphatic carbocycles. The molecular formula is C9H8N6S. The molecule has 0 saturated heterocycles. The van der Waals surface area contributed by atoms with E-state index in [0.717, 1.165) is 5.56 Å². The Labute approximate surface area is 94.4 Å². The SMILES string of the molecule is Nc1sccc1-c1nc2ncnc(N)c2[nH]1. The second-order valence-electron chi connectivity index (χ2n) is 3.24. The summed E-state index contributed by atoms with van der Waals surface area (Å²) < 4.78 is 0. The number of aromatic amines is 1. The monoisotopic (exact) mass is 232 g/mol. The number of nitrogens with one attached hydrogen (secondary N) is 1. The molecular weight excluding hydrogens is 224 g/mol. The molecule has 80 valence electrons. The quantitative estimate of drug-likeness (QED) is 0.585. The van der Waals surface area contributed by atoms with Crippen LogP contribution in [0.25, 0.3) is 22.6 Å². The van der Waals surface area contributed by atoms with Gasteiger partial charge in [0.25, 0.3) is 0 Å². The van der Waals surface area contributed by atoms with Gasteiger partial charge in [0, 0.05) is 0 Å². The third-order valence-electron chi connectivity index (χ3n) is 2.27. The number of hydrogen-bond donors (Lipinski definition) is 3. The van der Waals surface area contributed by atoms with Gasteiger partial charge in [-0.05, 0) is 11.4 Å². The Morgan fingerprint density at radius 1 is 1.25 bits per heavy atom. The summed E-state index contributed by atoms with van der Waals surface area (Å²) in [5.41, 5.74) is 13.6. The Morgan fingerprint density at radius 2 is 2.12 bits per heavy atom. The van der Waals surface area contributed by atoms with E-state index in [9.17, 15) is 0 Å². The lowest BCUT2D eigenvalue weighted by atomic mass is 10.3. The molecule has 0 unspecified atom stereocenters. The Hall–Kier alpha value is -2.15. The fraction of sp³-hybridized carbons (Fsp3) is 0. The van der Waals surface area contributed by atoms with Crippen LogP contribution in [-0.2, 0) is 0 Å². The fourth-order valence-electron chi connectivity index (χ4n) is 1.49. The van der Waals surface area contributed by atoms with Crippen molar-refractivity contribution < 1.29 is 0 Å². The molecule has 6 nitrogen and oxygen atoms in total. The number of anilines is 2. The van der Waals surface area contributed by atoms with Crippen molar-refractivity contribution in [2.75, 3.05) is 11.5 Å². The second kappa shape index (κ2) is 3.17. The molecule has 0 spiro atoms. The van der Waals surface area contributed by atoms with Gasteiger partial charge in [0.15, 0.2) is 11.5 Å². The molecule has 0 aliphatic rings. The zero-order valence-corrected chi connectivity index (χ0v) is 8.95. The highest BCUT2D eigenvalue weighted by molar-refractivity contribution is 7.14. The lowest BCUT2D eigenvalue weighted by Gasteiger charge is -1.92. The molecule has 0 atom stereocenters. The van der Waals surface area contributed by atoms with Crippen LogP contribution in [0.15, 0.2) is 17.8 Å². The van der Waals surface area contributed by atoms with E-state index in [0.29, 0.717) is 27.8 Å². The summed E-state index contributed by atoms with van der Waals surface area (Å²) in [5.74, 6) is 1.05. The van der Waals surface area contributed by atoms with Crippen molar-refractivity contribution in [3.05, 3.63) is 17.8 Å². The number of nitrogen functional groups attached to an aromatic ring is 2. The number of nitrogens with zero attached hydrogens (tertiary/aromatic N) is 3. The minimum Gasteiger partial charge on any atom is -0.390 e. The summed E-state index contributed by atoms with van der Waals surface area (Å²) in [6, 6.07) is 1.90. The first-order valence-electron chi connectivity index (χ1n) is 4.55. The number of hydrogen-bond acceptors (Lipinski definition) is 6. The maximum Gasteiger partial charge on any atom is 0.183 e. The minimum atomic E-state index is 0.387. The molecule has 0 aliphatic heterocycles. The van der Waals surface area contributed by atoms with Gasteiger partial charge in [-0.3, -0.25) is 0 Å². The maximum absolute atomic E-state index is 5.82. The van der Waals surface area contributed by atoms with Crippen molar-refractivity contribution in [2.24, 2.45) is 0 Å². The number of aromatic nitrogens is 4. The van der Waals surface area contributed by atoms with Crippen LogP contribution in [0.4, 0.5) is 10.8 Å². The van der Waals surface area contributed by atoms with Crippen molar-refractivity contribution in [1.29, 1.82) is 0 Å². The van der Waals surface area contributed by atoms with Crippen molar-refractivity contribution in [2.45, 2.75) is 0 Å². The van der Waals surface area contributed by atoms with Crippen LogP contribution in [0.2, 0.25) is 0 Å². The third kappa shape index (κ3) is 1.22. The molecule has 0 radical (unpaired) electrons. The Balaban J connectivity index is 2.27. The minimum absolute atomic E-state index is 0.387. The standard InChI is InChI=1S/C9H8N6S/c10-6-5-9(13-3-12-6)15-8(14-5)4-1-2-16-7(4)11/h1-3H,11H2,(H3,10,12,13,14,15). The Bertz CT molecular complexity index is 655. The molecule has 3 heterocycles. The molecule has 3 rings (SSSR count). The fourth-order valence-corrected chi connectivity index (χ4v) is 2.13. The highest BCUT2D eigenvalue weighted by Gasteiger charge is 2.11. The molecule has 16 heavy (non-hydrogen) atoms. The first-order valence-corrected chi connectivity index (χ1v) is 5.43. The first-order chi connectivity index (χ1) is 7.75. The van der Waals surface area contributed by atoms with Crippen LogP contribution < -0.4 is 11.5 Å². The number of fused-ring (bicyclic) bond motifs is 1. The molecule has 0 saturated carbocycles. The zero-order valence-electron chi connectivity index (χ0n) is 8.14. The van der Waals surface area contributed by atoms with Crippen LogP contribution in [-0.4, -0.2) is 19.9 Å². The van der Waals surface area contributed by atoms with Gasteiger partial charge in [0.2, 0.25) is 0 Å². The topological polar surface area (TPSA) is 106 Å². The van der Waals surface area contributed by atoms with E-state index in [1.54, 1.807) is 0 Å². The van der Waals surface area contributed by atoms with Crippen molar-refractivity contribution in [3.8, 4) is 11.4 Å². The van der Waals surface area contributed by atoms with E-state index in [1.165, 1.54) is 17.7 Å². The van der Waals surface area contributed by atoms with Crippen LogP contribution in [0.5, 0.6) is 0 Å². The molecule has 3 aromatic rings. The molecule has 0 fully saturated rings. The van der Waals surface area contributed by atoms with Gasteiger partial charge in [-0.25, -0.2) is 15.0 Å². The highest BCUT2D eigenvalue weighted by atomic mass is 32.1.